The molecule has 0 saturated heterocycles. The van der Waals surface area contributed by atoms with Crippen molar-refractivity contribution in [3.8, 4) is 11.4 Å². The maximum atomic E-state index is 12.0. The number of hydrogen-bond donors (Lipinski definition) is 3. The van der Waals surface area contributed by atoms with Crippen molar-refractivity contribution in [3.05, 3.63) is 35.7 Å². The summed E-state index contributed by atoms with van der Waals surface area (Å²) in [6, 6.07) is 6.77. The van der Waals surface area contributed by atoms with E-state index in [4.69, 9.17) is 10.3 Å². The van der Waals surface area contributed by atoms with Gasteiger partial charge >= 0.3 is 0 Å². The van der Waals surface area contributed by atoms with Crippen LogP contribution in [0.3, 0.4) is 0 Å². The Morgan fingerprint density at radius 1 is 1.18 bits per heavy atom. The number of nitrogens with one attached hydrogen (secondary N) is 2. The SMILES string of the molecule is CCc1ccc(-c2noc(C(C)NC(=O)CNC(=O)[C@@H](N)C(C)C)n2)cc1.Cl. The molecule has 0 aliphatic heterocycles. The largest absolute Gasteiger partial charge is 0.346 e. The van der Waals surface area contributed by atoms with Crippen molar-refractivity contribution >= 4 is 24.2 Å². The van der Waals surface area contributed by atoms with Crippen molar-refractivity contribution in [2.75, 3.05) is 6.54 Å². The lowest BCUT2D eigenvalue weighted by atomic mass is 10.1. The van der Waals surface area contributed by atoms with E-state index in [1.165, 1.54) is 5.56 Å². The Kier molecular flexibility index (Phi) is 9.08. The molecule has 2 atom stereocenters. The lowest BCUT2D eigenvalue weighted by molar-refractivity contribution is -0.127. The summed E-state index contributed by atoms with van der Waals surface area (Å²) in [6.07, 6.45) is 0.958. The molecule has 0 aliphatic rings. The number of aryl methyl sites for hydroxylation is 1. The monoisotopic (exact) mass is 409 g/mol. The number of hydrogen-bond acceptors (Lipinski definition) is 6. The predicted molar refractivity (Wildman–Crippen MR) is 109 cm³/mol. The smallest absolute Gasteiger partial charge is 0.249 e. The van der Waals surface area contributed by atoms with Gasteiger partial charge in [0.05, 0.1) is 12.6 Å². The van der Waals surface area contributed by atoms with Crippen molar-refractivity contribution in [1.29, 1.82) is 0 Å². The molecule has 2 aromatic rings. The average Bonchev–Trinajstić information content (AvgIpc) is 3.15. The quantitative estimate of drug-likeness (QED) is 0.612. The maximum absolute atomic E-state index is 12.0. The van der Waals surface area contributed by atoms with Crippen LogP contribution in [0.1, 0.15) is 45.2 Å². The summed E-state index contributed by atoms with van der Waals surface area (Å²) in [5, 5.41) is 9.20. The van der Waals surface area contributed by atoms with Crippen molar-refractivity contribution in [3.63, 3.8) is 0 Å². The molecule has 28 heavy (non-hydrogen) atoms. The fourth-order valence-corrected chi connectivity index (χ4v) is 2.36. The van der Waals surface area contributed by atoms with E-state index in [0.717, 1.165) is 12.0 Å². The van der Waals surface area contributed by atoms with Gasteiger partial charge in [0, 0.05) is 5.56 Å². The molecule has 2 amide bonds. The Morgan fingerprint density at radius 3 is 2.39 bits per heavy atom. The summed E-state index contributed by atoms with van der Waals surface area (Å²) in [7, 11) is 0. The van der Waals surface area contributed by atoms with Gasteiger partial charge in [-0.1, -0.05) is 50.2 Å². The zero-order valence-electron chi connectivity index (χ0n) is 16.6. The predicted octanol–water partition coefficient (Wildman–Crippen LogP) is 2.00. The number of rotatable bonds is 8. The molecule has 1 unspecified atom stereocenters. The van der Waals surface area contributed by atoms with Crippen LogP contribution in [0.5, 0.6) is 0 Å². The maximum Gasteiger partial charge on any atom is 0.249 e. The molecule has 4 N–H and O–H groups in total. The second kappa shape index (κ2) is 10.8. The summed E-state index contributed by atoms with van der Waals surface area (Å²) >= 11 is 0. The number of benzene rings is 1. The van der Waals surface area contributed by atoms with E-state index in [0.29, 0.717) is 11.7 Å². The highest BCUT2D eigenvalue weighted by molar-refractivity contribution is 5.87. The van der Waals surface area contributed by atoms with E-state index in [9.17, 15) is 9.59 Å². The topological polar surface area (TPSA) is 123 Å². The number of halogens is 1. The van der Waals surface area contributed by atoms with Crippen molar-refractivity contribution in [1.82, 2.24) is 20.8 Å². The van der Waals surface area contributed by atoms with Crippen LogP contribution in [0.15, 0.2) is 28.8 Å². The van der Waals surface area contributed by atoms with Crippen molar-refractivity contribution in [2.24, 2.45) is 11.7 Å². The molecule has 1 aromatic carbocycles. The number of nitrogens with zero attached hydrogens (tertiary/aromatic N) is 2. The molecular formula is C19H28ClN5O3. The Labute approximate surface area is 171 Å². The molecule has 0 aliphatic carbocycles. The average molecular weight is 410 g/mol. The first kappa shape index (κ1) is 23.6. The fraction of sp³-hybridized carbons (Fsp3) is 0.474. The zero-order valence-corrected chi connectivity index (χ0v) is 17.4. The molecular weight excluding hydrogens is 382 g/mol. The summed E-state index contributed by atoms with van der Waals surface area (Å²) in [5.41, 5.74) is 7.81. The van der Waals surface area contributed by atoms with Gasteiger partial charge in [0.2, 0.25) is 23.5 Å². The Hall–Kier alpha value is -2.45. The number of aromatic nitrogens is 2. The minimum absolute atomic E-state index is 0. The van der Waals surface area contributed by atoms with Crippen LogP contribution >= 0.6 is 12.4 Å². The molecule has 2 rings (SSSR count). The third-order valence-electron chi connectivity index (χ3n) is 4.25. The number of carbonyl (C=O) groups is 2. The van der Waals surface area contributed by atoms with E-state index in [2.05, 4.69) is 27.7 Å². The second-order valence-electron chi connectivity index (χ2n) is 6.78. The highest BCUT2D eigenvalue weighted by Crippen LogP contribution is 2.19. The number of amides is 2. The van der Waals surface area contributed by atoms with E-state index in [1.54, 1.807) is 6.92 Å². The summed E-state index contributed by atoms with van der Waals surface area (Å²) in [5.74, 6) is 0.0329. The molecule has 0 radical (unpaired) electrons. The Morgan fingerprint density at radius 2 is 1.82 bits per heavy atom. The van der Waals surface area contributed by atoms with Gasteiger partial charge < -0.3 is 20.9 Å². The van der Waals surface area contributed by atoms with Gasteiger partial charge in [0.1, 0.15) is 6.04 Å². The van der Waals surface area contributed by atoms with Crippen LogP contribution in [0.2, 0.25) is 0 Å². The van der Waals surface area contributed by atoms with Crippen molar-refractivity contribution < 1.29 is 14.1 Å². The lowest BCUT2D eigenvalue weighted by Crippen LogP contribution is -2.47. The number of carbonyl (C=O) groups excluding carboxylic acids is 2. The minimum atomic E-state index is -0.646. The van der Waals surface area contributed by atoms with Gasteiger partial charge in [-0.15, -0.1) is 12.4 Å². The van der Waals surface area contributed by atoms with Gasteiger partial charge in [-0.2, -0.15) is 4.98 Å². The standard InChI is InChI=1S/C19H27N5O3.ClH/c1-5-13-6-8-14(9-7-13)17-23-19(27-24-17)12(4)22-15(25)10-21-18(26)16(20)11(2)3;/h6-9,11-12,16H,5,10,20H2,1-4H3,(H,21,26)(H,22,25);1H/t12?,16-;/m0./s1. The minimum Gasteiger partial charge on any atom is -0.346 e. The summed E-state index contributed by atoms with van der Waals surface area (Å²) < 4.78 is 5.25. The molecule has 0 bridgehead atoms. The second-order valence-corrected chi connectivity index (χ2v) is 6.78. The lowest BCUT2D eigenvalue weighted by Gasteiger charge is -2.15. The van der Waals surface area contributed by atoms with E-state index in [1.807, 2.05) is 38.1 Å². The normalized spacial score (nSPS) is 12.8. The van der Waals surface area contributed by atoms with Gasteiger partial charge in [-0.05, 0) is 24.8 Å². The molecule has 0 fully saturated rings. The van der Waals surface area contributed by atoms with E-state index in [-0.39, 0.29) is 36.7 Å². The first-order valence-electron chi connectivity index (χ1n) is 9.07. The van der Waals surface area contributed by atoms with Crippen LogP contribution in [-0.2, 0) is 16.0 Å². The van der Waals surface area contributed by atoms with Crippen LogP contribution in [0.4, 0.5) is 0 Å². The summed E-state index contributed by atoms with van der Waals surface area (Å²) in [4.78, 5) is 28.1. The fourth-order valence-electron chi connectivity index (χ4n) is 2.36. The Bertz CT molecular complexity index is 776. The van der Waals surface area contributed by atoms with Crippen LogP contribution in [0.25, 0.3) is 11.4 Å². The molecule has 1 heterocycles. The van der Waals surface area contributed by atoms with Crippen LogP contribution in [-0.4, -0.2) is 34.5 Å². The molecule has 0 spiro atoms. The van der Waals surface area contributed by atoms with Gasteiger partial charge in [0.25, 0.3) is 0 Å². The highest BCUT2D eigenvalue weighted by Gasteiger charge is 2.20. The molecule has 154 valence electrons. The highest BCUT2D eigenvalue weighted by atomic mass is 35.5. The molecule has 9 heteroatoms. The third kappa shape index (κ3) is 6.31. The molecule has 8 nitrogen and oxygen atoms in total. The van der Waals surface area contributed by atoms with Crippen molar-refractivity contribution in [2.45, 2.75) is 46.2 Å². The Balaban J connectivity index is 0.00000392. The first-order valence-corrected chi connectivity index (χ1v) is 9.07. The zero-order chi connectivity index (χ0) is 20.0. The molecule has 0 saturated carbocycles. The number of nitrogens with two attached hydrogens (primary N) is 1. The van der Waals surface area contributed by atoms with E-state index < -0.39 is 12.1 Å². The van der Waals surface area contributed by atoms with Crippen LogP contribution in [0, 0.1) is 5.92 Å². The van der Waals surface area contributed by atoms with Gasteiger partial charge in [-0.3, -0.25) is 9.59 Å². The first-order chi connectivity index (χ1) is 12.8. The van der Waals surface area contributed by atoms with Gasteiger partial charge in [0.15, 0.2) is 0 Å². The third-order valence-corrected chi connectivity index (χ3v) is 4.25. The van der Waals surface area contributed by atoms with E-state index >= 15 is 0 Å². The van der Waals surface area contributed by atoms with Crippen LogP contribution < -0.4 is 16.4 Å². The van der Waals surface area contributed by atoms with Gasteiger partial charge in [-0.25, -0.2) is 0 Å². The molecule has 1 aromatic heterocycles. The summed E-state index contributed by atoms with van der Waals surface area (Å²) in [6.45, 7) is 7.34.